The molecule has 136 valence electrons. The third-order valence-corrected chi connectivity index (χ3v) is 6.12. The van der Waals surface area contributed by atoms with Gasteiger partial charge in [-0.05, 0) is 54.5 Å². The van der Waals surface area contributed by atoms with Crippen LogP contribution < -0.4 is 11.1 Å². The molecule has 1 aromatic carbocycles. The minimum absolute atomic E-state index is 0.0206. The third kappa shape index (κ3) is 3.12. The van der Waals surface area contributed by atoms with Crippen LogP contribution in [0.3, 0.4) is 0 Å². The van der Waals surface area contributed by atoms with Crippen LogP contribution in [0, 0.1) is 5.92 Å². The number of anilines is 1. The molecule has 5 heteroatoms. The molecule has 2 aromatic heterocycles. The average Bonchev–Trinajstić information content (AvgIpc) is 3.22. The minimum atomic E-state index is 0.0206. The Morgan fingerprint density at radius 2 is 2.23 bits per heavy atom. The molecule has 0 saturated heterocycles. The molecular formula is C21H25N3OS. The van der Waals surface area contributed by atoms with E-state index >= 15 is 0 Å². The molecule has 4 rings (SSSR count). The van der Waals surface area contributed by atoms with E-state index in [9.17, 15) is 4.79 Å². The summed E-state index contributed by atoms with van der Waals surface area (Å²) in [5.41, 5.74) is 10.9. The van der Waals surface area contributed by atoms with E-state index in [0.717, 1.165) is 31.5 Å². The lowest BCUT2D eigenvalue weighted by atomic mass is 9.91. The van der Waals surface area contributed by atoms with Crippen molar-refractivity contribution in [2.75, 3.05) is 5.73 Å². The Hall–Kier alpha value is -2.27. The normalized spacial score (nSPS) is 16.8. The van der Waals surface area contributed by atoms with Crippen molar-refractivity contribution >= 4 is 33.8 Å². The van der Waals surface area contributed by atoms with Gasteiger partial charge in [0.1, 0.15) is 0 Å². The van der Waals surface area contributed by atoms with Gasteiger partial charge in [0.05, 0.1) is 6.54 Å². The molecular weight excluding hydrogens is 342 g/mol. The highest BCUT2D eigenvalue weighted by molar-refractivity contribution is 7.09. The van der Waals surface area contributed by atoms with Crippen molar-refractivity contribution in [3.05, 3.63) is 51.8 Å². The summed E-state index contributed by atoms with van der Waals surface area (Å²) in [6.07, 6.45) is 2.85. The molecule has 2 heterocycles. The number of nitrogens with zero attached hydrogens (tertiary/aromatic N) is 1. The number of hydrogen-bond acceptors (Lipinski definition) is 3. The molecule has 0 saturated carbocycles. The second-order valence-corrected chi connectivity index (χ2v) is 8.50. The fourth-order valence-corrected chi connectivity index (χ4v) is 4.59. The molecule has 4 nitrogen and oxygen atoms in total. The van der Waals surface area contributed by atoms with Crippen LogP contribution in [0.1, 0.15) is 36.4 Å². The van der Waals surface area contributed by atoms with E-state index < -0.39 is 0 Å². The molecule has 3 N–H and O–H groups in total. The summed E-state index contributed by atoms with van der Waals surface area (Å²) in [5.74, 6) is 0.160. The quantitative estimate of drug-likeness (QED) is 0.686. The number of amides is 1. The average molecular weight is 368 g/mol. The Labute approximate surface area is 158 Å². The van der Waals surface area contributed by atoms with E-state index in [4.69, 9.17) is 5.73 Å². The predicted octanol–water partition coefficient (Wildman–Crippen LogP) is 3.96. The molecule has 0 spiro atoms. The highest BCUT2D eigenvalue weighted by atomic mass is 32.1. The second kappa shape index (κ2) is 6.80. The van der Waals surface area contributed by atoms with E-state index in [1.54, 1.807) is 11.3 Å². The van der Waals surface area contributed by atoms with Crippen LogP contribution in [-0.2, 0) is 24.2 Å². The number of fused-ring (bicyclic) bond motifs is 3. The van der Waals surface area contributed by atoms with Crippen molar-refractivity contribution < 1.29 is 4.79 Å². The first kappa shape index (κ1) is 17.2. The number of carbonyl (C=O) groups excluding carboxylic acids is 1. The predicted molar refractivity (Wildman–Crippen MR) is 109 cm³/mol. The molecule has 0 aliphatic heterocycles. The van der Waals surface area contributed by atoms with Gasteiger partial charge in [0.2, 0.25) is 5.91 Å². The van der Waals surface area contributed by atoms with Gasteiger partial charge < -0.3 is 15.6 Å². The zero-order valence-electron chi connectivity index (χ0n) is 15.3. The van der Waals surface area contributed by atoms with Crippen LogP contribution in [-0.4, -0.2) is 16.5 Å². The van der Waals surface area contributed by atoms with Crippen LogP contribution in [0.2, 0.25) is 0 Å². The van der Waals surface area contributed by atoms with E-state index in [0.29, 0.717) is 0 Å². The summed E-state index contributed by atoms with van der Waals surface area (Å²) in [4.78, 5) is 13.5. The van der Waals surface area contributed by atoms with Gasteiger partial charge in [-0.2, -0.15) is 0 Å². The topological polar surface area (TPSA) is 60.1 Å². The Balaban J connectivity index is 1.73. The van der Waals surface area contributed by atoms with Crippen molar-refractivity contribution in [3.8, 4) is 0 Å². The van der Waals surface area contributed by atoms with Crippen molar-refractivity contribution in [2.24, 2.45) is 5.92 Å². The van der Waals surface area contributed by atoms with Gasteiger partial charge >= 0.3 is 0 Å². The molecule has 0 fully saturated rings. The molecule has 1 aliphatic carbocycles. The molecule has 26 heavy (non-hydrogen) atoms. The molecule has 1 atom stereocenters. The Bertz CT molecular complexity index is 940. The van der Waals surface area contributed by atoms with Crippen LogP contribution in [0.25, 0.3) is 10.9 Å². The monoisotopic (exact) mass is 367 g/mol. The van der Waals surface area contributed by atoms with Gasteiger partial charge in [-0.15, -0.1) is 11.3 Å². The molecule has 0 bridgehead atoms. The number of nitrogens with one attached hydrogen (secondary N) is 1. The maximum absolute atomic E-state index is 12.1. The number of nitrogens with two attached hydrogens (primary N) is 1. The highest BCUT2D eigenvalue weighted by Gasteiger charge is 2.27. The third-order valence-electron chi connectivity index (χ3n) is 5.26. The Morgan fingerprint density at radius 3 is 2.96 bits per heavy atom. The first-order valence-electron chi connectivity index (χ1n) is 9.25. The molecule has 1 amide bonds. The molecule has 3 aromatic rings. The maximum atomic E-state index is 12.1. The Kier molecular flexibility index (Phi) is 4.49. The number of benzene rings is 1. The SMILES string of the molecule is CC(C)C(=O)NC1CCc2c(c3cc(N)ccc3n2Cc2cccs2)C1. The largest absolute Gasteiger partial charge is 0.399 e. The van der Waals surface area contributed by atoms with Gasteiger partial charge in [0.25, 0.3) is 0 Å². The van der Waals surface area contributed by atoms with E-state index in [1.165, 1.54) is 27.0 Å². The molecule has 0 radical (unpaired) electrons. The molecule has 1 aliphatic rings. The number of nitrogen functional groups attached to an aromatic ring is 1. The van der Waals surface area contributed by atoms with Crippen LogP contribution in [0.15, 0.2) is 35.7 Å². The minimum Gasteiger partial charge on any atom is -0.399 e. The first-order chi connectivity index (χ1) is 12.5. The van der Waals surface area contributed by atoms with Crippen molar-refractivity contribution in [1.29, 1.82) is 0 Å². The van der Waals surface area contributed by atoms with Gasteiger partial charge in [-0.3, -0.25) is 4.79 Å². The lowest BCUT2D eigenvalue weighted by molar-refractivity contribution is -0.124. The zero-order valence-corrected chi connectivity index (χ0v) is 16.1. The standard InChI is InChI=1S/C21H25N3OS/c1-13(2)21(25)23-15-6-8-20-18(11-15)17-10-14(22)5-7-19(17)24(20)12-16-4-3-9-26-16/h3-5,7,9-10,13,15H,6,8,11-12,22H2,1-2H3,(H,23,25). The highest BCUT2D eigenvalue weighted by Crippen LogP contribution is 2.34. The maximum Gasteiger partial charge on any atom is 0.222 e. The van der Waals surface area contributed by atoms with E-state index in [-0.39, 0.29) is 17.9 Å². The van der Waals surface area contributed by atoms with Crippen molar-refractivity contribution in [1.82, 2.24) is 9.88 Å². The van der Waals surface area contributed by atoms with Crippen LogP contribution in [0.4, 0.5) is 5.69 Å². The lowest BCUT2D eigenvalue weighted by Crippen LogP contribution is -2.41. The van der Waals surface area contributed by atoms with E-state index in [1.807, 2.05) is 19.9 Å². The van der Waals surface area contributed by atoms with Crippen molar-refractivity contribution in [2.45, 2.75) is 45.7 Å². The van der Waals surface area contributed by atoms with Crippen LogP contribution in [0.5, 0.6) is 0 Å². The number of rotatable bonds is 4. The summed E-state index contributed by atoms with van der Waals surface area (Å²) < 4.78 is 2.44. The fraction of sp³-hybridized carbons (Fsp3) is 0.381. The Morgan fingerprint density at radius 1 is 1.38 bits per heavy atom. The number of thiophene rings is 1. The number of hydrogen-bond donors (Lipinski definition) is 2. The van der Waals surface area contributed by atoms with Crippen molar-refractivity contribution in [3.63, 3.8) is 0 Å². The summed E-state index contributed by atoms with van der Waals surface area (Å²) >= 11 is 1.79. The fourth-order valence-electron chi connectivity index (χ4n) is 3.90. The van der Waals surface area contributed by atoms with Crippen LogP contribution >= 0.6 is 11.3 Å². The summed E-state index contributed by atoms with van der Waals surface area (Å²) in [6, 6.07) is 10.7. The van der Waals surface area contributed by atoms with E-state index in [2.05, 4.69) is 39.5 Å². The zero-order chi connectivity index (χ0) is 18.3. The number of aromatic nitrogens is 1. The number of carbonyl (C=O) groups is 1. The smallest absolute Gasteiger partial charge is 0.222 e. The summed E-state index contributed by atoms with van der Waals surface area (Å²) in [5, 5.41) is 6.58. The molecule has 1 unspecified atom stereocenters. The second-order valence-electron chi connectivity index (χ2n) is 7.47. The first-order valence-corrected chi connectivity index (χ1v) is 10.1. The van der Waals surface area contributed by atoms with Gasteiger partial charge in [0.15, 0.2) is 0 Å². The van der Waals surface area contributed by atoms with Gasteiger partial charge in [-0.1, -0.05) is 19.9 Å². The lowest BCUT2D eigenvalue weighted by Gasteiger charge is -2.26. The van der Waals surface area contributed by atoms with Gasteiger partial charge in [-0.25, -0.2) is 0 Å². The summed E-state index contributed by atoms with van der Waals surface area (Å²) in [6.45, 7) is 4.78. The summed E-state index contributed by atoms with van der Waals surface area (Å²) in [7, 11) is 0. The van der Waals surface area contributed by atoms with Gasteiger partial charge in [0, 0.05) is 39.1 Å².